The molecule has 0 unspecified atom stereocenters. The summed E-state index contributed by atoms with van der Waals surface area (Å²) in [5.41, 5.74) is -0.658. The first-order chi connectivity index (χ1) is 9.45. The van der Waals surface area contributed by atoms with E-state index in [9.17, 15) is 18.0 Å². The van der Waals surface area contributed by atoms with Crippen LogP contribution in [0.4, 0.5) is 13.2 Å². The molecule has 0 aromatic heterocycles. The number of ether oxygens (including phenoxy) is 1. The Morgan fingerprint density at radius 1 is 1.05 bits per heavy atom. The van der Waals surface area contributed by atoms with Crippen molar-refractivity contribution in [3.63, 3.8) is 0 Å². The fourth-order valence-corrected chi connectivity index (χ4v) is 1.78. The number of hydrogen-bond donors (Lipinski definition) is 0. The molecule has 20 heavy (non-hydrogen) atoms. The number of carbonyl (C=O) groups is 1. The summed E-state index contributed by atoms with van der Waals surface area (Å²) in [6.45, 7) is 0.266. The van der Waals surface area contributed by atoms with E-state index in [0.717, 1.165) is 49.9 Å². The van der Waals surface area contributed by atoms with Crippen molar-refractivity contribution in [3.8, 4) is 0 Å². The zero-order valence-electron chi connectivity index (χ0n) is 10.9. The highest BCUT2D eigenvalue weighted by molar-refractivity contribution is 6.17. The van der Waals surface area contributed by atoms with Crippen LogP contribution in [-0.2, 0) is 10.9 Å². The zero-order valence-corrected chi connectivity index (χ0v) is 11.6. The van der Waals surface area contributed by atoms with Crippen LogP contribution in [0.5, 0.6) is 0 Å². The standard InChI is InChI=1S/C14H16ClF3O2/c15-9-3-1-2-4-10-20-13(19)11-5-7-12(8-6-11)14(16,17)18/h5-8H,1-4,9-10H2. The molecule has 2 nitrogen and oxygen atoms in total. The van der Waals surface area contributed by atoms with E-state index in [-0.39, 0.29) is 12.2 Å². The summed E-state index contributed by atoms with van der Waals surface area (Å²) in [5, 5.41) is 0. The van der Waals surface area contributed by atoms with Crippen molar-refractivity contribution in [2.45, 2.75) is 31.9 Å². The molecule has 1 aromatic carbocycles. The fourth-order valence-electron chi connectivity index (χ4n) is 1.59. The summed E-state index contributed by atoms with van der Waals surface area (Å²) in [6.07, 6.45) is -0.864. The van der Waals surface area contributed by atoms with Gasteiger partial charge in [-0.15, -0.1) is 11.6 Å². The van der Waals surface area contributed by atoms with Gasteiger partial charge >= 0.3 is 12.1 Å². The SMILES string of the molecule is O=C(OCCCCCCCl)c1ccc(C(F)(F)F)cc1. The van der Waals surface area contributed by atoms with Gasteiger partial charge in [-0.2, -0.15) is 13.2 Å². The molecule has 1 aromatic rings. The van der Waals surface area contributed by atoms with Gasteiger partial charge in [-0.3, -0.25) is 0 Å². The highest BCUT2D eigenvalue weighted by atomic mass is 35.5. The molecule has 0 amide bonds. The van der Waals surface area contributed by atoms with Gasteiger partial charge < -0.3 is 4.74 Å². The molecule has 0 fully saturated rings. The van der Waals surface area contributed by atoms with Crippen LogP contribution in [0.1, 0.15) is 41.6 Å². The summed E-state index contributed by atoms with van der Waals surface area (Å²) in [6, 6.07) is 3.99. The van der Waals surface area contributed by atoms with Crippen molar-refractivity contribution in [1.29, 1.82) is 0 Å². The summed E-state index contributed by atoms with van der Waals surface area (Å²) < 4.78 is 42.0. The number of alkyl halides is 4. The normalized spacial score (nSPS) is 11.4. The molecule has 112 valence electrons. The predicted octanol–water partition coefficient (Wildman–Crippen LogP) is 4.66. The molecule has 0 spiro atoms. The molecule has 0 atom stereocenters. The quantitative estimate of drug-likeness (QED) is 0.416. The molecule has 6 heteroatoms. The minimum Gasteiger partial charge on any atom is -0.462 e. The van der Waals surface area contributed by atoms with Crippen LogP contribution in [0.3, 0.4) is 0 Å². The first-order valence-corrected chi connectivity index (χ1v) is 6.89. The van der Waals surface area contributed by atoms with E-state index in [4.69, 9.17) is 16.3 Å². The lowest BCUT2D eigenvalue weighted by Crippen LogP contribution is -2.08. The maximum absolute atomic E-state index is 12.3. The highest BCUT2D eigenvalue weighted by Crippen LogP contribution is 2.29. The number of halogens is 4. The maximum Gasteiger partial charge on any atom is 0.416 e. The highest BCUT2D eigenvalue weighted by Gasteiger charge is 2.30. The number of unbranched alkanes of at least 4 members (excludes halogenated alkanes) is 3. The lowest BCUT2D eigenvalue weighted by molar-refractivity contribution is -0.137. The van der Waals surface area contributed by atoms with E-state index in [2.05, 4.69) is 0 Å². The Morgan fingerprint density at radius 3 is 2.20 bits per heavy atom. The molecule has 0 bridgehead atoms. The van der Waals surface area contributed by atoms with Crippen LogP contribution in [0.2, 0.25) is 0 Å². The second kappa shape index (κ2) is 8.15. The van der Waals surface area contributed by atoms with Crippen LogP contribution in [-0.4, -0.2) is 18.5 Å². The Labute approximate surface area is 120 Å². The van der Waals surface area contributed by atoms with E-state index in [0.29, 0.717) is 5.88 Å². The van der Waals surface area contributed by atoms with Gasteiger partial charge in [-0.05, 0) is 37.1 Å². The van der Waals surface area contributed by atoms with Crippen LogP contribution in [0, 0.1) is 0 Å². The van der Waals surface area contributed by atoms with E-state index in [1.807, 2.05) is 0 Å². The van der Waals surface area contributed by atoms with Crippen molar-refractivity contribution >= 4 is 17.6 Å². The molecule has 0 N–H and O–H groups in total. The van der Waals surface area contributed by atoms with E-state index < -0.39 is 17.7 Å². The summed E-state index contributed by atoms with van der Waals surface area (Å²) in [5.74, 6) is 0.0155. The van der Waals surface area contributed by atoms with Crippen molar-refractivity contribution in [1.82, 2.24) is 0 Å². The monoisotopic (exact) mass is 308 g/mol. The second-order valence-corrected chi connectivity index (χ2v) is 4.69. The zero-order chi connectivity index (χ0) is 15.0. The van der Waals surface area contributed by atoms with E-state index >= 15 is 0 Å². The predicted molar refractivity (Wildman–Crippen MR) is 70.9 cm³/mol. The van der Waals surface area contributed by atoms with Crippen LogP contribution >= 0.6 is 11.6 Å². The topological polar surface area (TPSA) is 26.3 Å². The Balaban J connectivity index is 2.37. The fraction of sp³-hybridized carbons (Fsp3) is 0.500. The van der Waals surface area contributed by atoms with Gasteiger partial charge in [0.15, 0.2) is 0 Å². The summed E-state index contributed by atoms with van der Waals surface area (Å²) in [4.78, 5) is 11.6. The number of rotatable bonds is 7. The molecule has 0 aliphatic carbocycles. The van der Waals surface area contributed by atoms with Crippen LogP contribution < -0.4 is 0 Å². The van der Waals surface area contributed by atoms with Gasteiger partial charge in [-0.25, -0.2) is 4.79 Å². The molecule has 0 saturated heterocycles. The average Bonchev–Trinajstić information content (AvgIpc) is 2.41. The maximum atomic E-state index is 12.3. The minimum atomic E-state index is -4.40. The molecule has 0 heterocycles. The number of benzene rings is 1. The van der Waals surface area contributed by atoms with E-state index in [1.165, 1.54) is 0 Å². The van der Waals surface area contributed by atoms with Crippen LogP contribution in [0.25, 0.3) is 0 Å². The molecule has 0 saturated carbocycles. The third-order valence-corrected chi connectivity index (χ3v) is 2.98. The minimum absolute atomic E-state index is 0.124. The van der Waals surface area contributed by atoms with Gasteiger partial charge in [0.2, 0.25) is 0 Å². The first-order valence-electron chi connectivity index (χ1n) is 6.35. The number of carbonyl (C=O) groups excluding carboxylic acids is 1. The first kappa shape index (κ1) is 16.8. The van der Waals surface area contributed by atoms with Gasteiger partial charge in [0.25, 0.3) is 0 Å². The van der Waals surface area contributed by atoms with Gasteiger partial charge in [0.05, 0.1) is 17.7 Å². The Kier molecular flexibility index (Phi) is 6.85. The second-order valence-electron chi connectivity index (χ2n) is 4.31. The molecular formula is C14H16ClF3O2. The smallest absolute Gasteiger partial charge is 0.416 e. The van der Waals surface area contributed by atoms with Gasteiger partial charge in [-0.1, -0.05) is 12.8 Å². The Hall–Kier alpha value is -1.23. The Morgan fingerprint density at radius 2 is 1.65 bits per heavy atom. The number of esters is 1. The molecule has 0 aliphatic rings. The lowest BCUT2D eigenvalue weighted by atomic mass is 10.1. The van der Waals surface area contributed by atoms with Crippen molar-refractivity contribution in [2.75, 3.05) is 12.5 Å². The third-order valence-electron chi connectivity index (χ3n) is 2.71. The molecule has 0 aliphatic heterocycles. The van der Waals surface area contributed by atoms with Crippen molar-refractivity contribution in [3.05, 3.63) is 35.4 Å². The summed E-state index contributed by atoms with van der Waals surface area (Å²) >= 11 is 5.52. The van der Waals surface area contributed by atoms with Gasteiger partial charge in [0.1, 0.15) is 0 Å². The third kappa shape index (κ3) is 5.82. The molecule has 1 rings (SSSR count). The average molecular weight is 309 g/mol. The van der Waals surface area contributed by atoms with Crippen molar-refractivity contribution < 1.29 is 22.7 Å². The lowest BCUT2D eigenvalue weighted by Gasteiger charge is -2.08. The Bertz CT molecular complexity index is 415. The van der Waals surface area contributed by atoms with Crippen molar-refractivity contribution in [2.24, 2.45) is 0 Å². The summed E-state index contributed by atoms with van der Waals surface area (Å²) in [7, 11) is 0. The molecular weight excluding hydrogens is 293 g/mol. The van der Waals surface area contributed by atoms with E-state index in [1.54, 1.807) is 0 Å². The van der Waals surface area contributed by atoms with Gasteiger partial charge in [0, 0.05) is 5.88 Å². The number of hydrogen-bond acceptors (Lipinski definition) is 2. The largest absolute Gasteiger partial charge is 0.462 e. The molecule has 0 radical (unpaired) electrons. The van der Waals surface area contributed by atoms with Crippen LogP contribution in [0.15, 0.2) is 24.3 Å².